The van der Waals surface area contributed by atoms with Gasteiger partial charge in [-0.3, -0.25) is 9.48 Å². The van der Waals surface area contributed by atoms with Gasteiger partial charge in [-0.1, -0.05) is 30.3 Å². The number of carbonyl (C=O) groups excluding carboxylic acids is 1. The van der Waals surface area contributed by atoms with Gasteiger partial charge in [0.1, 0.15) is 12.7 Å². The number of hydrogen-bond acceptors (Lipinski definition) is 5. The van der Waals surface area contributed by atoms with Crippen LogP contribution in [0.4, 0.5) is 0 Å². The number of benzene rings is 2. The Morgan fingerprint density at radius 2 is 2.04 bits per heavy atom. The van der Waals surface area contributed by atoms with Crippen LogP contribution in [0.5, 0.6) is 0 Å². The highest BCUT2D eigenvalue weighted by Gasteiger charge is 2.13. The fourth-order valence-electron chi connectivity index (χ4n) is 2.95. The van der Waals surface area contributed by atoms with Crippen molar-refractivity contribution in [2.75, 3.05) is 0 Å². The van der Waals surface area contributed by atoms with E-state index in [9.17, 15) is 15.0 Å². The number of rotatable bonds is 7. The number of hydrogen-bond donors (Lipinski definition) is 3. The smallest absolute Gasteiger partial charge is 0.251 e. The molecule has 1 aromatic heterocycles. The van der Waals surface area contributed by atoms with E-state index < -0.39 is 0 Å². The second-order valence-corrected chi connectivity index (χ2v) is 6.38. The van der Waals surface area contributed by atoms with Crippen molar-refractivity contribution in [1.29, 1.82) is 0 Å². The maximum atomic E-state index is 12.6. The van der Waals surface area contributed by atoms with E-state index in [2.05, 4.69) is 15.4 Å². The molecule has 1 atom stereocenters. The first-order valence-corrected chi connectivity index (χ1v) is 8.68. The van der Waals surface area contributed by atoms with Crippen LogP contribution in [0.1, 0.15) is 28.4 Å². The molecule has 3 aromatic rings. The average molecular weight is 366 g/mol. The predicted molar refractivity (Wildman–Crippen MR) is 101 cm³/mol. The molecular weight excluding hydrogens is 344 g/mol. The van der Waals surface area contributed by atoms with Crippen molar-refractivity contribution in [3.63, 3.8) is 0 Å². The number of nitrogens with one attached hydrogen (secondary N) is 1. The van der Waals surface area contributed by atoms with Gasteiger partial charge in [0.25, 0.3) is 5.91 Å². The minimum Gasteiger partial charge on any atom is -0.392 e. The van der Waals surface area contributed by atoms with Gasteiger partial charge >= 0.3 is 0 Å². The van der Waals surface area contributed by atoms with Crippen LogP contribution in [0, 0.1) is 0 Å². The molecule has 2 aromatic carbocycles. The summed E-state index contributed by atoms with van der Waals surface area (Å²) in [6.45, 7) is 2.21. The highest BCUT2D eigenvalue weighted by Crippen LogP contribution is 2.26. The van der Waals surface area contributed by atoms with E-state index in [0.717, 1.165) is 16.7 Å². The predicted octanol–water partition coefficient (Wildman–Crippen LogP) is 1.75. The van der Waals surface area contributed by atoms with Crippen LogP contribution < -0.4 is 5.32 Å². The molecule has 0 aliphatic rings. The lowest BCUT2D eigenvalue weighted by Gasteiger charge is -2.15. The molecule has 7 heteroatoms. The van der Waals surface area contributed by atoms with E-state index in [1.807, 2.05) is 25.1 Å². The summed E-state index contributed by atoms with van der Waals surface area (Å²) in [5.74, 6) is -0.179. The second-order valence-electron chi connectivity index (χ2n) is 6.38. The van der Waals surface area contributed by atoms with Crippen molar-refractivity contribution in [2.45, 2.75) is 32.7 Å². The molecule has 0 radical (unpaired) electrons. The summed E-state index contributed by atoms with van der Waals surface area (Å²) in [5, 5.41) is 25.9. The van der Waals surface area contributed by atoms with Gasteiger partial charge in [0.05, 0.1) is 19.8 Å². The summed E-state index contributed by atoms with van der Waals surface area (Å²) >= 11 is 0. The standard InChI is InChI=1S/C20H22N4O3/c1-14(9-24-13-21-12-22-24)23-20(27)17-4-2-3-16(8-17)19-6-5-15(10-25)7-18(19)11-26/h2-8,12-14,25-26H,9-11H2,1H3,(H,23,27)/t14-/m0/s1. The van der Waals surface area contributed by atoms with Crippen LogP contribution in [-0.4, -0.2) is 36.9 Å². The molecular formula is C20H22N4O3. The molecule has 3 rings (SSSR count). The molecule has 0 saturated heterocycles. The maximum Gasteiger partial charge on any atom is 0.251 e. The first kappa shape index (κ1) is 18.8. The molecule has 0 spiro atoms. The summed E-state index contributed by atoms with van der Waals surface area (Å²) in [7, 11) is 0. The van der Waals surface area contributed by atoms with E-state index in [-0.39, 0.29) is 25.2 Å². The van der Waals surface area contributed by atoms with Crippen molar-refractivity contribution in [3.05, 3.63) is 71.8 Å². The summed E-state index contributed by atoms with van der Waals surface area (Å²) in [4.78, 5) is 16.5. The third-order valence-electron chi connectivity index (χ3n) is 4.26. The van der Waals surface area contributed by atoms with Crippen molar-refractivity contribution in [3.8, 4) is 11.1 Å². The zero-order valence-corrected chi connectivity index (χ0v) is 15.0. The van der Waals surface area contributed by atoms with E-state index in [1.54, 1.807) is 35.3 Å². The van der Waals surface area contributed by atoms with Crippen molar-refractivity contribution < 1.29 is 15.0 Å². The molecule has 140 valence electrons. The highest BCUT2D eigenvalue weighted by atomic mass is 16.3. The Morgan fingerprint density at radius 1 is 1.19 bits per heavy atom. The lowest BCUT2D eigenvalue weighted by atomic mass is 9.96. The Bertz CT molecular complexity index is 909. The highest BCUT2D eigenvalue weighted by molar-refractivity contribution is 5.95. The van der Waals surface area contributed by atoms with Crippen LogP contribution >= 0.6 is 0 Å². The Labute approximate surface area is 157 Å². The van der Waals surface area contributed by atoms with Crippen LogP contribution in [0.25, 0.3) is 11.1 Å². The minimum atomic E-state index is -0.179. The van der Waals surface area contributed by atoms with Gasteiger partial charge in [-0.15, -0.1) is 0 Å². The zero-order valence-electron chi connectivity index (χ0n) is 15.0. The number of nitrogens with zero attached hydrogens (tertiary/aromatic N) is 3. The molecule has 27 heavy (non-hydrogen) atoms. The Morgan fingerprint density at radius 3 is 2.74 bits per heavy atom. The van der Waals surface area contributed by atoms with Crippen LogP contribution in [-0.2, 0) is 19.8 Å². The number of aromatic nitrogens is 3. The van der Waals surface area contributed by atoms with E-state index in [4.69, 9.17) is 0 Å². The van der Waals surface area contributed by atoms with Crippen molar-refractivity contribution >= 4 is 5.91 Å². The van der Waals surface area contributed by atoms with Crippen molar-refractivity contribution in [1.82, 2.24) is 20.1 Å². The number of aliphatic hydroxyl groups excluding tert-OH is 2. The topological polar surface area (TPSA) is 100 Å². The van der Waals surface area contributed by atoms with E-state index in [1.165, 1.54) is 6.33 Å². The number of amides is 1. The van der Waals surface area contributed by atoms with Gasteiger partial charge in [-0.25, -0.2) is 4.98 Å². The van der Waals surface area contributed by atoms with Gasteiger partial charge in [0.2, 0.25) is 0 Å². The SMILES string of the molecule is C[C@@H](Cn1cncn1)NC(=O)c1cccc(-c2ccc(CO)cc2CO)c1. The first-order valence-electron chi connectivity index (χ1n) is 8.68. The van der Waals surface area contributed by atoms with Crippen LogP contribution in [0.2, 0.25) is 0 Å². The Balaban J connectivity index is 1.78. The summed E-state index contributed by atoms with van der Waals surface area (Å²) in [6.07, 6.45) is 3.06. The Kier molecular flexibility index (Phi) is 5.95. The minimum absolute atomic E-state index is 0.0839. The quantitative estimate of drug-likeness (QED) is 0.591. The van der Waals surface area contributed by atoms with Gasteiger partial charge in [-0.2, -0.15) is 5.10 Å². The average Bonchev–Trinajstić information content (AvgIpc) is 3.20. The van der Waals surface area contributed by atoms with Crippen LogP contribution in [0.15, 0.2) is 55.1 Å². The molecule has 1 heterocycles. The summed E-state index contributed by atoms with van der Waals surface area (Å²) in [6, 6.07) is 12.6. The lowest BCUT2D eigenvalue weighted by molar-refractivity contribution is 0.0936. The maximum absolute atomic E-state index is 12.6. The van der Waals surface area contributed by atoms with E-state index in [0.29, 0.717) is 17.7 Å². The van der Waals surface area contributed by atoms with E-state index >= 15 is 0 Å². The second kappa shape index (κ2) is 8.57. The van der Waals surface area contributed by atoms with Gasteiger partial charge < -0.3 is 15.5 Å². The normalized spacial score (nSPS) is 12.0. The number of aliphatic hydroxyl groups is 2. The fourth-order valence-corrected chi connectivity index (χ4v) is 2.95. The van der Waals surface area contributed by atoms with Gasteiger partial charge in [0, 0.05) is 11.6 Å². The van der Waals surface area contributed by atoms with Crippen molar-refractivity contribution in [2.24, 2.45) is 0 Å². The summed E-state index contributed by atoms with van der Waals surface area (Å²) < 4.78 is 1.66. The fraction of sp³-hybridized carbons (Fsp3) is 0.250. The third-order valence-corrected chi connectivity index (χ3v) is 4.26. The first-order chi connectivity index (χ1) is 13.1. The molecule has 0 aliphatic carbocycles. The molecule has 3 N–H and O–H groups in total. The largest absolute Gasteiger partial charge is 0.392 e. The van der Waals surface area contributed by atoms with Gasteiger partial charge in [-0.05, 0) is 41.3 Å². The molecule has 0 unspecified atom stereocenters. The molecule has 0 fully saturated rings. The lowest BCUT2D eigenvalue weighted by Crippen LogP contribution is -2.35. The number of carbonyl (C=O) groups is 1. The molecule has 1 amide bonds. The third kappa shape index (κ3) is 4.58. The van der Waals surface area contributed by atoms with Gasteiger partial charge in [0.15, 0.2) is 0 Å². The zero-order chi connectivity index (χ0) is 19.2. The molecule has 0 bridgehead atoms. The van der Waals surface area contributed by atoms with Crippen LogP contribution in [0.3, 0.4) is 0 Å². The molecule has 0 aliphatic heterocycles. The molecule has 7 nitrogen and oxygen atoms in total. The monoisotopic (exact) mass is 366 g/mol. The Hall–Kier alpha value is -3.03. The molecule has 0 saturated carbocycles. The summed E-state index contributed by atoms with van der Waals surface area (Å²) in [5.41, 5.74) is 3.64.